The van der Waals surface area contributed by atoms with Gasteiger partial charge in [0.15, 0.2) is 0 Å². The standard InChI is InChI=1S/C36H30N4OS/c1-21-15-22(2)34(23(3)16-21)40-31-14-10-9-13-29(31)36(4,5)30-18-25(42-35(30)40)17-28-32(24(19-37)20-38)26-11-7-8-12-27(26)33(28)39-41-6/h7-18H,1-6H3/b28-17-,39-33?. The van der Waals surface area contributed by atoms with Crippen molar-refractivity contribution >= 4 is 45.1 Å². The summed E-state index contributed by atoms with van der Waals surface area (Å²) in [7, 11) is 1.51. The highest BCUT2D eigenvalue weighted by Gasteiger charge is 2.39. The zero-order valence-corrected chi connectivity index (χ0v) is 25.4. The molecule has 1 aliphatic heterocycles. The van der Waals surface area contributed by atoms with Gasteiger partial charge in [0.25, 0.3) is 0 Å². The number of benzene rings is 3. The van der Waals surface area contributed by atoms with Gasteiger partial charge in [-0.15, -0.1) is 11.3 Å². The number of rotatable bonds is 3. The number of nitrogens with zero attached hydrogens (tertiary/aromatic N) is 4. The van der Waals surface area contributed by atoms with E-state index in [0.717, 1.165) is 21.0 Å². The molecule has 5 nitrogen and oxygen atoms in total. The second-order valence-corrected chi connectivity index (χ2v) is 12.4. The van der Waals surface area contributed by atoms with E-state index in [1.165, 1.54) is 46.3 Å². The zero-order chi connectivity index (χ0) is 29.8. The van der Waals surface area contributed by atoms with Crippen molar-refractivity contribution in [1.29, 1.82) is 10.5 Å². The van der Waals surface area contributed by atoms with Crippen LogP contribution in [0, 0.1) is 43.4 Å². The fraction of sp³-hybridized carbons (Fsp3) is 0.194. The Morgan fingerprint density at radius 3 is 2.21 bits per heavy atom. The average molecular weight is 567 g/mol. The Labute approximate surface area is 250 Å². The average Bonchev–Trinajstić information content (AvgIpc) is 3.52. The SMILES string of the molecule is CON=C1/C(=C\c2cc3c(s2)N(c2c(C)cc(C)cc2C)c2ccccc2C3(C)C)C(=C(C#N)C#N)c2ccccc21. The molecule has 1 aromatic heterocycles. The molecule has 0 bridgehead atoms. The van der Waals surface area contributed by atoms with Crippen LogP contribution in [0.3, 0.4) is 0 Å². The van der Waals surface area contributed by atoms with E-state index in [1.807, 2.05) is 24.3 Å². The number of fused-ring (bicyclic) bond motifs is 3. The smallest absolute Gasteiger partial charge is 0.138 e. The lowest BCUT2D eigenvalue weighted by Gasteiger charge is -2.41. The lowest BCUT2D eigenvalue weighted by atomic mass is 9.75. The molecule has 6 rings (SSSR count). The number of aryl methyl sites for hydroxylation is 3. The van der Waals surface area contributed by atoms with Crippen LogP contribution in [0.4, 0.5) is 16.4 Å². The van der Waals surface area contributed by atoms with E-state index in [2.05, 4.69) is 105 Å². The molecule has 0 spiro atoms. The monoisotopic (exact) mass is 566 g/mol. The highest BCUT2D eigenvalue weighted by molar-refractivity contribution is 7.17. The molecule has 0 atom stereocenters. The van der Waals surface area contributed by atoms with Crippen molar-refractivity contribution in [2.75, 3.05) is 12.0 Å². The molecule has 0 radical (unpaired) electrons. The largest absolute Gasteiger partial charge is 0.399 e. The maximum atomic E-state index is 9.91. The maximum Gasteiger partial charge on any atom is 0.138 e. The molecule has 0 fully saturated rings. The van der Waals surface area contributed by atoms with Gasteiger partial charge < -0.3 is 9.74 Å². The minimum absolute atomic E-state index is 0.0524. The van der Waals surface area contributed by atoms with Gasteiger partial charge in [0, 0.05) is 27.0 Å². The first-order valence-electron chi connectivity index (χ1n) is 13.8. The number of anilines is 3. The summed E-state index contributed by atoms with van der Waals surface area (Å²) >= 11 is 1.71. The summed E-state index contributed by atoms with van der Waals surface area (Å²) < 4.78 is 0. The van der Waals surface area contributed by atoms with Crippen LogP contribution in [0.25, 0.3) is 11.6 Å². The van der Waals surface area contributed by atoms with Crippen LogP contribution in [0.1, 0.15) is 57.7 Å². The van der Waals surface area contributed by atoms with Crippen molar-refractivity contribution in [1.82, 2.24) is 0 Å². The third-order valence-corrected chi connectivity index (χ3v) is 9.27. The van der Waals surface area contributed by atoms with Crippen LogP contribution in [0.15, 0.2) is 83.0 Å². The quantitative estimate of drug-likeness (QED) is 0.183. The highest BCUT2D eigenvalue weighted by atomic mass is 32.1. The summed E-state index contributed by atoms with van der Waals surface area (Å²) in [6.07, 6.45) is 2.05. The third-order valence-electron chi connectivity index (χ3n) is 8.20. The van der Waals surface area contributed by atoms with E-state index < -0.39 is 0 Å². The topological polar surface area (TPSA) is 72.4 Å². The normalized spacial score (nSPS) is 16.5. The number of hydrogen-bond donors (Lipinski definition) is 0. The van der Waals surface area contributed by atoms with Gasteiger partial charge in [-0.1, -0.05) is 79.2 Å². The number of para-hydroxylation sites is 1. The number of hydrogen-bond acceptors (Lipinski definition) is 6. The van der Waals surface area contributed by atoms with E-state index in [-0.39, 0.29) is 11.0 Å². The lowest BCUT2D eigenvalue weighted by molar-refractivity contribution is 0.214. The van der Waals surface area contributed by atoms with Crippen molar-refractivity contribution in [3.8, 4) is 12.1 Å². The Kier molecular flexibility index (Phi) is 6.61. The van der Waals surface area contributed by atoms with Crippen molar-refractivity contribution < 1.29 is 4.84 Å². The molecule has 0 unspecified atom stereocenters. The van der Waals surface area contributed by atoms with Gasteiger partial charge in [-0.3, -0.25) is 0 Å². The van der Waals surface area contributed by atoms with Gasteiger partial charge in [0.05, 0.1) is 11.4 Å². The van der Waals surface area contributed by atoms with Gasteiger partial charge in [-0.05, 0) is 66.8 Å². The number of thiophene rings is 1. The molecule has 4 aromatic rings. The minimum Gasteiger partial charge on any atom is -0.399 e. The van der Waals surface area contributed by atoms with Crippen LogP contribution in [-0.4, -0.2) is 12.8 Å². The second-order valence-electron chi connectivity index (χ2n) is 11.3. The number of oxime groups is 1. The molecule has 0 saturated carbocycles. The Morgan fingerprint density at radius 1 is 0.905 bits per heavy atom. The Bertz CT molecular complexity index is 1920. The molecule has 0 saturated heterocycles. The molecule has 1 aliphatic carbocycles. The minimum atomic E-state index is -0.243. The molecular formula is C36H30N4OS. The fourth-order valence-corrected chi connectivity index (χ4v) is 7.76. The summed E-state index contributed by atoms with van der Waals surface area (Å²) in [5, 5.41) is 25.4. The van der Waals surface area contributed by atoms with E-state index in [0.29, 0.717) is 16.9 Å². The first-order chi connectivity index (χ1) is 20.2. The van der Waals surface area contributed by atoms with Gasteiger partial charge in [-0.25, -0.2) is 0 Å². The lowest BCUT2D eigenvalue weighted by Crippen LogP contribution is -2.29. The Hall–Kier alpha value is -4.91. The molecule has 6 heteroatoms. The van der Waals surface area contributed by atoms with E-state index in [9.17, 15) is 10.5 Å². The Morgan fingerprint density at radius 2 is 1.55 bits per heavy atom. The summed E-state index contributed by atoms with van der Waals surface area (Å²) in [5.74, 6) is 0. The van der Waals surface area contributed by atoms with Crippen molar-refractivity contribution in [3.63, 3.8) is 0 Å². The van der Waals surface area contributed by atoms with Crippen LogP contribution in [-0.2, 0) is 10.3 Å². The van der Waals surface area contributed by atoms with Crippen LogP contribution in [0.5, 0.6) is 0 Å². The maximum absolute atomic E-state index is 9.91. The van der Waals surface area contributed by atoms with Gasteiger partial charge >= 0.3 is 0 Å². The first kappa shape index (κ1) is 27.3. The second kappa shape index (κ2) is 10.2. The van der Waals surface area contributed by atoms with E-state index >= 15 is 0 Å². The summed E-state index contributed by atoms with van der Waals surface area (Å²) in [6.45, 7) is 11.1. The molecule has 42 heavy (non-hydrogen) atoms. The number of allylic oxidation sites excluding steroid dienone is 3. The van der Waals surface area contributed by atoms with Crippen molar-refractivity contribution in [3.05, 3.63) is 122 Å². The molecule has 3 aromatic carbocycles. The van der Waals surface area contributed by atoms with Crippen LogP contribution >= 0.6 is 11.3 Å². The predicted molar refractivity (Wildman–Crippen MR) is 171 cm³/mol. The molecule has 0 N–H and O–H groups in total. The first-order valence-corrected chi connectivity index (χ1v) is 14.6. The van der Waals surface area contributed by atoms with Crippen LogP contribution in [0.2, 0.25) is 0 Å². The summed E-state index contributed by atoms with van der Waals surface area (Å²) in [4.78, 5) is 8.68. The van der Waals surface area contributed by atoms with Crippen molar-refractivity contribution in [2.45, 2.75) is 40.0 Å². The molecule has 2 heterocycles. The van der Waals surface area contributed by atoms with Gasteiger partial charge in [-0.2, -0.15) is 10.5 Å². The number of nitriles is 2. The molecular weight excluding hydrogens is 536 g/mol. The predicted octanol–water partition coefficient (Wildman–Crippen LogP) is 9.03. The van der Waals surface area contributed by atoms with Gasteiger partial charge in [0.2, 0.25) is 0 Å². The molecule has 206 valence electrons. The summed E-state index contributed by atoms with van der Waals surface area (Å²) in [6, 6.07) is 27.3. The van der Waals surface area contributed by atoms with E-state index in [4.69, 9.17) is 4.84 Å². The van der Waals surface area contributed by atoms with E-state index in [1.54, 1.807) is 11.3 Å². The third kappa shape index (κ3) is 4.07. The van der Waals surface area contributed by atoms with Crippen LogP contribution < -0.4 is 4.90 Å². The van der Waals surface area contributed by atoms with Crippen molar-refractivity contribution in [2.24, 2.45) is 5.16 Å². The summed E-state index contributed by atoms with van der Waals surface area (Å²) in [5.41, 5.74) is 11.9. The molecule has 2 aliphatic rings. The molecule has 0 amide bonds. The Balaban J connectivity index is 1.63. The highest BCUT2D eigenvalue weighted by Crippen LogP contribution is 2.56. The fourth-order valence-electron chi connectivity index (χ4n) is 6.48. The zero-order valence-electron chi connectivity index (χ0n) is 24.5. The van der Waals surface area contributed by atoms with Gasteiger partial charge in [0.1, 0.15) is 35.5 Å².